The summed E-state index contributed by atoms with van der Waals surface area (Å²) in [6.07, 6.45) is 1.73. The fraction of sp³-hybridized carbons (Fsp3) is 0.259. The summed E-state index contributed by atoms with van der Waals surface area (Å²) in [5.41, 5.74) is 1.56. The van der Waals surface area contributed by atoms with Gasteiger partial charge in [0.05, 0.1) is 50.3 Å². The molecule has 0 saturated heterocycles. The predicted octanol–water partition coefficient (Wildman–Crippen LogP) is 2.36. The Morgan fingerprint density at radius 3 is 2.24 bits per heavy atom. The van der Waals surface area contributed by atoms with Crippen LogP contribution in [-0.2, 0) is 14.3 Å². The fourth-order valence-corrected chi connectivity index (χ4v) is 5.24. The summed E-state index contributed by atoms with van der Waals surface area (Å²) in [7, 11) is 5.79. The Kier molecular flexibility index (Phi) is 7.67. The second kappa shape index (κ2) is 10.9. The van der Waals surface area contributed by atoms with E-state index in [4.69, 9.17) is 23.7 Å². The number of aromatic nitrogens is 1. The van der Waals surface area contributed by atoms with Gasteiger partial charge in [0, 0.05) is 6.92 Å². The molecule has 0 aliphatic carbocycles. The molecule has 4 rings (SSSR count). The van der Waals surface area contributed by atoms with E-state index in [-0.39, 0.29) is 22.6 Å². The van der Waals surface area contributed by atoms with Crippen LogP contribution in [0.25, 0.3) is 6.08 Å². The van der Waals surface area contributed by atoms with Gasteiger partial charge in [-0.05, 0) is 48.4 Å². The number of allylic oxidation sites excluding steroid dienone is 1. The van der Waals surface area contributed by atoms with E-state index in [1.807, 2.05) is 0 Å². The summed E-state index contributed by atoms with van der Waals surface area (Å²) in [5, 5.41) is 0. The van der Waals surface area contributed by atoms with Crippen molar-refractivity contribution in [1.29, 1.82) is 0 Å². The Hall–Kier alpha value is -4.38. The van der Waals surface area contributed by atoms with Gasteiger partial charge in [0.15, 0.2) is 27.8 Å². The number of fused-ring (bicyclic) bond motifs is 1. The summed E-state index contributed by atoms with van der Waals surface area (Å²) in [5.74, 6) is 0.443. The number of carbonyl (C=O) groups excluding carboxylic acids is 2. The van der Waals surface area contributed by atoms with Crippen molar-refractivity contribution in [1.82, 2.24) is 4.57 Å². The molecule has 11 heteroatoms. The van der Waals surface area contributed by atoms with Crippen LogP contribution in [0.2, 0.25) is 0 Å². The first-order valence-electron chi connectivity index (χ1n) is 11.4. The number of esters is 2. The van der Waals surface area contributed by atoms with Gasteiger partial charge in [-0.2, -0.15) is 0 Å². The van der Waals surface area contributed by atoms with Gasteiger partial charge in [-0.3, -0.25) is 14.2 Å². The zero-order valence-corrected chi connectivity index (χ0v) is 22.5. The summed E-state index contributed by atoms with van der Waals surface area (Å²) < 4.78 is 28.2. The van der Waals surface area contributed by atoms with Crippen molar-refractivity contribution in [2.24, 2.45) is 4.99 Å². The summed E-state index contributed by atoms with van der Waals surface area (Å²) in [6.45, 7) is 2.97. The van der Waals surface area contributed by atoms with E-state index in [1.165, 1.54) is 44.2 Å². The SMILES string of the molecule is COC(=O)C1=C(C)N=c2s/c(=C/c3ccc(OC)c(OC)c3)c(=O)n2C1c1ccc(OC(C)=O)c(OC)c1. The number of benzene rings is 2. The highest BCUT2D eigenvalue weighted by Gasteiger charge is 2.33. The molecule has 0 bridgehead atoms. The van der Waals surface area contributed by atoms with Crippen LogP contribution in [0, 0.1) is 0 Å². The molecule has 1 unspecified atom stereocenters. The van der Waals surface area contributed by atoms with E-state index in [0.717, 1.165) is 5.56 Å². The molecule has 0 amide bonds. The minimum Gasteiger partial charge on any atom is -0.493 e. The van der Waals surface area contributed by atoms with Crippen molar-refractivity contribution in [2.45, 2.75) is 19.9 Å². The number of thiazole rings is 1. The highest BCUT2D eigenvalue weighted by molar-refractivity contribution is 7.07. The topological polar surface area (TPSA) is 115 Å². The first kappa shape index (κ1) is 26.7. The lowest BCUT2D eigenvalue weighted by molar-refractivity contribution is -0.136. The zero-order chi connectivity index (χ0) is 27.6. The second-order valence-corrected chi connectivity index (χ2v) is 9.20. The van der Waals surface area contributed by atoms with Crippen LogP contribution in [0.5, 0.6) is 23.0 Å². The first-order chi connectivity index (χ1) is 18.2. The average Bonchev–Trinajstić information content (AvgIpc) is 3.21. The lowest BCUT2D eigenvalue weighted by Crippen LogP contribution is -2.39. The number of rotatable bonds is 7. The fourth-order valence-electron chi connectivity index (χ4n) is 4.20. The monoisotopic (exact) mass is 538 g/mol. The molecule has 2 heterocycles. The number of ether oxygens (including phenoxy) is 5. The Morgan fingerprint density at radius 1 is 0.947 bits per heavy atom. The number of hydrogen-bond acceptors (Lipinski definition) is 10. The molecule has 2 aromatic carbocycles. The molecule has 0 N–H and O–H groups in total. The van der Waals surface area contributed by atoms with Crippen molar-refractivity contribution in [2.75, 3.05) is 28.4 Å². The van der Waals surface area contributed by atoms with E-state index in [9.17, 15) is 14.4 Å². The summed E-state index contributed by atoms with van der Waals surface area (Å²) >= 11 is 1.19. The van der Waals surface area contributed by atoms with Gasteiger partial charge >= 0.3 is 11.9 Å². The normalized spacial score (nSPS) is 14.9. The van der Waals surface area contributed by atoms with Gasteiger partial charge in [-0.1, -0.05) is 23.5 Å². The smallest absolute Gasteiger partial charge is 0.338 e. The van der Waals surface area contributed by atoms with Crippen LogP contribution < -0.4 is 33.8 Å². The van der Waals surface area contributed by atoms with Gasteiger partial charge in [0.2, 0.25) is 0 Å². The largest absolute Gasteiger partial charge is 0.493 e. The Bertz CT molecular complexity index is 1630. The molecule has 0 spiro atoms. The lowest BCUT2D eigenvalue weighted by Gasteiger charge is -2.25. The molecule has 38 heavy (non-hydrogen) atoms. The molecule has 1 atom stereocenters. The zero-order valence-electron chi connectivity index (χ0n) is 21.7. The Labute approximate surface area is 222 Å². The number of carbonyl (C=O) groups is 2. The molecule has 3 aromatic rings. The van der Waals surface area contributed by atoms with E-state index >= 15 is 0 Å². The van der Waals surface area contributed by atoms with E-state index in [0.29, 0.717) is 32.1 Å². The molecule has 0 fully saturated rings. The third kappa shape index (κ3) is 4.92. The number of methoxy groups -OCH3 is 4. The standard InChI is InChI=1S/C27H26N2O8S/c1-14-23(26(32)36-6)24(17-8-10-19(37-15(2)30)21(13-17)35-5)29-25(31)22(38-27(29)28-14)12-16-7-9-18(33-3)20(11-16)34-4/h7-13,24H,1-6H3/b22-12+. The Balaban J connectivity index is 1.93. The second-order valence-electron chi connectivity index (χ2n) is 8.19. The van der Waals surface area contributed by atoms with Crippen LogP contribution in [0.1, 0.15) is 31.0 Å². The average molecular weight is 539 g/mol. The minimum atomic E-state index is -0.855. The van der Waals surface area contributed by atoms with Crippen LogP contribution in [0.4, 0.5) is 0 Å². The van der Waals surface area contributed by atoms with Crippen molar-refractivity contribution in [3.63, 3.8) is 0 Å². The molecular formula is C27H26N2O8S. The van der Waals surface area contributed by atoms with Crippen molar-refractivity contribution in [3.05, 3.63) is 78.5 Å². The quantitative estimate of drug-likeness (QED) is 0.333. The minimum absolute atomic E-state index is 0.208. The highest BCUT2D eigenvalue weighted by atomic mass is 32.1. The van der Waals surface area contributed by atoms with Gasteiger partial charge in [-0.25, -0.2) is 9.79 Å². The van der Waals surface area contributed by atoms with E-state index in [1.54, 1.807) is 56.5 Å². The van der Waals surface area contributed by atoms with Crippen molar-refractivity contribution in [3.8, 4) is 23.0 Å². The third-order valence-corrected chi connectivity index (χ3v) is 6.87. The van der Waals surface area contributed by atoms with Crippen molar-refractivity contribution < 1.29 is 33.3 Å². The van der Waals surface area contributed by atoms with Crippen LogP contribution >= 0.6 is 11.3 Å². The molecule has 1 aromatic heterocycles. The molecule has 1 aliphatic rings. The molecular weight excluding hydrogens is 512 g/mol. The highest BCUT2D eigenvalue weighted by Crippen LogP contribution is 2.36. The van der Waals surface area contributed by atoms with Gasteiger partial charge < -0.3 is 23.7 Å². The van der Waals surface area contributed by atoms with Gasteiger partial charge in [0.25, 0.3) is 5.56 Å². The summed E-state index contributed by atoms with van der Waals surface area (Å²) in [4.78, 5) is 43.1. The molecule has 0 saturated carbocycles. The summed E-state index contributed by atoms with van der Waals surface area (Å²) in [6, 6.07) is 9.31. The molecule has 198 valence electrons. The maximum atomic E-state index is 13.8. The van der Waals surface area contributed by atoms with Crippen LogP contribution in [0.3, 0.4) is 0 Å². The predicted molar refractivity (Wildman–Crippen MR) is 140 cm³/mol. The van der Waals surface area contributed by atoms with E-state index < -0.39 is 18.0 Å². The number of hydrogen-bond donors (Lipinski definition) is 0. The van der Waals surface area contributed by atoms with E-state index in [2.05, 4.69) is 4.99 Å². The van der Waals surface area contributed by atoms with Crippen molar-refractivity contribution >= 4 is 29.4 Å². The first-order valence-corrected chi connectivity index (χ1v) is 12.2. The third-order valence-electron chi connectivity index (χ3n) is 5.89. The molecule has 10 nitrogen and oxygen atoms in total. The lowest BCUT2D eigenvalue weighted by atomic mass is 9.95. The van der Waals surface area contributed by atoms with Gasteiger partial charge in [0.1, 0.15) is 0 Å². The molecule has 1 aliphatic heterocycles. The number of nitrogens with zero attached hydrogens (tertiary/aromatic N) is 2. The van der Waals surface area contributed by atoms with Crippen LogP contribution in [-0.4, -0.2) is 44.9 Å². The maximum absolute atomic E-state index is 13.8. The van der Waals surface area contributed by atoms with Gasteiger partial charge in [-0.15, -0.1) is 0 Å². The maximum Gasteiger partial charge on any atom is 0.338 e. The van der Waals surface area contributed by atoms with Crippen LogP contribution in [0.15, 0.2) is 57.5 Å². The molecule has 0 radical (unpaired) electrons. The Morgan fingerprint density at radius 2 is 1.61 bits per heavy atom.